The second-order valence-electron chi connectivity index (χ2n) is 12.2. The maximum atomic E-state index is 14.6. The summed E-state index contributed by atoms with van der Waals surface area (Å²) >= 11 is 3.46. The quantitative estimate of drug-likeness (QED) is 0.205. The molecule has 0 saturated carbocycles. The predicted octanol–water partition coefficient (Wildman–Crippen LogP) is 5.97. The van der Waals surface area contributed by atoms with Crippen LogP contribution >= 0.6 is 15.9 Å². The highest BCUT2D eigenvalue weighted by Crippen LogP contribution is 2.36. The zero-order chi connectivity index (χ0) is 33.6. The summed E-state index contributed by atoms with van der Waals surface area (Å²) in [4.78, 5) is 30.2. The van der Waals surface area contributed by atoms with Crippen LogP contribution in [0.25, 0.3) is 0 Å². The summed E-state index contributed by atoms with van der Waals surface area (Å²) in [5.41, 5.74) is 1.29. The van der Waals surface area contributed by atoms with Crippen molar-refractivity contribution >= 4 is 43.5 Å². The number of benzene rings is 4. The van der Waals surface area contributed by atoms with E-state index in [1.165, 1.54) is 17.0 Å². The number of nitrogens with zero attached hydrogens (tertiary/aromatic N) is 2. The highest BCUT2D eigenvalue weighted by molar-refractivity contribution is 9.10. The molecule has 0 saturated heterocycles. The van der Waals surface area contributed by atoms with E-state index in [2.05, 4.69) is 21.2 Å². The Labute approximate surface area is 284 Å². The van der Waals surface area contributed by atoms with Crippen LogP contribution in [0.4, 0.5) is 5.69 Å². The standard InChI is InChI=1S/C36H38BrN3O6S/c1-36(2,3)38-35(42)31(22-26-10-6-4-7-11-26)39(24-27-14-16-28(37)17-15-27)34(41)25-40(47(43,44)30-12-8-5-9-13-30)29-18-19-32-33(23-29)46-21-20-45-32/h4-19,23,31H,20-22,24-25H2,1-3H3,(H,38,42)/t31-/m1/s1. The Morgan fingerprint density at radius 1 is 0.830 bits per heavy atom. The van der Waals surface area contributed by atoms with Crippen LogP contribution in [0.1, 0.15) is 31.9 Å². The van der Waals surface area contributed by atoms with E-state index >= 15 is 0 Å². The Hall–Kier alpha value is -4.35. The van der Waals surface area contributed by atoms with Gasteiger partial charge in [-0.15, -0.1) is 0 Å². The molecular weight excluding hydrogens is 682 g/mol. The highest BCUT2D eigenvalue weighted by atomic mass is 79.9. The van der Waals surface area contributed by atoms with E-state index in [-0.39, 0.29) is 29.5 Å². The van der Waals surface area contributed by atoms with E-state index in [4.69, 9.17) is 9.47 Å². The number of amides is 2. The van der Waals surface area contributed by atoms with Crippen molar-refractivity contribution in [2.24, 2.45) is 0 Å². The van der Waals surface area contributed by atoms with Crippen molar-refractivity contribution in [1.29, 1.82) is 0 Å². The summed E-state index contributed by atoms with van der Waals surface area (Å²) in [5, 5.41) is 3.04. The number of nitrogens with one attached hydrogen (secondary N) is 1. The molecule has 2 amide bonds. The number of halogens is 1. The van der Waals surface area contributed by atoms with Crippen molar-refractivity contribution in [3.05, 3.63) is 119 Å². The molecule has 0 radical (unpaired) electrons. The van der Waals surface area contributed by atoms with Crippen LogP contribution in [-0.2, 0) is 32.6 Å². The number of sulfonamides is 1. The van der Waals surface area contributed by atoms with Gasteiger partial charge in [0.25, 0.3) is 10.0 Å². The van der Waals surface area contributed by atoms with Crippen LogP contribution in [0.15, 0.2) is 112 Å². The maximum Gasteiger partial charge on any atom is 0.264 e. The highest BCUT2D eigenvalue weighted by Gasteiger charge is 2.36. The summed E-state index contributed by atoms with van der Waals surface area (Å²) in [6.45, 7) is 5.82. The van der Waals surface area contributed by atoms with E-state index in [1.807, 2.05) is 75.4 Å². The second-order valence-corrected chi connectivity index (χ2v) is 15.0. The number of fused-ring (bicyclic) bond motifs is 1. The Kier molecular flexibility index (Phi) is 10.6. The molecule has 1 heterocycles. The number of rotatable bonds is 11. The minimum absolute atomic E-state index is 0.0217. The molecule has 0 fully saturated rings. The smallest absolute Gasteiger partial charge is 0.264 e. The first-order chi connectivity index (χ1) is 22.4. The van der Waals surface area contributed by atoms with Gasteiger partial charge in [-0.25, -0.2) is 8.42 Å². The second kappa shape index (κ2) is 14.6. The lowest BCUT2D eigenvalue weighted by atomic mass is 10.0. The van der Waals surface area contributed by atoms with Gasteiger partial charge in [0.2, 0.25) is 11.8 Å². The molecule has 1 atom stereocenters. The van der Waals surface area contributed by atoms with Gasteiger partial charge in [0.05, 0.1) is 10.6 Å². The van der Waals surface area contributed by atoms with Gasteiger partial charge in [0.1, 0.15) is 25.8 Å². The molecule has 1 N–H and O–H groups in total. The SMILES string of the molecule is CC(C)(C)NC(=O)[C@@H](Cc1ccccc1)N(Cc1ccc(Br)cc1)C(=O)CN(c1ccc2c(c1)OCCO2)S(=O)(=O)c1ccccc1. The van der Waals surface area contributed by atoms with Crippen LogP contribution in [0.3, 0.4) is 0 Å². The topological polar surface area (TPSA) is 105 Å². The van der Waals surface area contributed by atoms with Crippen molar-refractivity contribution in [1.82, 2.24) is 10.2 Å². The number of hydrogen-bond acceptors (Lipinski definition) is 6. The third-order valence-corrected chi connectivity index (χ3v) is 9.78. The fourth-order valence-electron chi connectivity index (χ4n) is 5.23. The molecule has 1 aliphatic rings. The average Bonchev–Trinajstić information content (AvgIpc) is 3.05. The monoisotopic (exact) mass is 719 g/mol. The van der Waals surface area contributed by atoms with Gasteiger partial charge in [0.15, 0.2) is 11.5 Å². The number of carbonyl (C=O) groups is 2. The van der Waals surface area contributed by atoms with E-state index in [0.717, 1.165) is 19.9 Å². The molecule has 4 aromatic carbocycles. The molecular formula is C36H38BrN3O6S. The lowest BCUT2D eigenvalue weighted by Crippen LogP contribution is -2.56. The largest absolute Gasteiger partial charge is 0.486 e. The van der Waals surface area contributed by atoms with Crippen LogP contribution in [0.2, 0.25) is 0 Å². The Morgan fingerprint density at radius 2 is 1.45 bits per heavy atom. The van der Waals surface area contributed by atoms with E-state index in [0.29, 0.717) is 24.7 Å². The molecule has 1 aliphatic heterocycles. The van der Waals surface area contributed by atoms with Crippen LogP contribution in [0.5, 0.6) is 11.5 Å². The van der Waals surface area contributed by atoms with E-state index in [9.17, 15) is 18.0 Å². The molecule has 5 rings (SSSR count). The van der Waals surface area contributed by atoms with Crippen molar-refractivity contribution in [2.45, 2.75) is 50.2 Å². The molecule has 0 bridgehead atoms. The Balaban J connectivity index is 1.59. The number of carbonyl (C=O) groups excluding carboxylic acids is 2. The fraction of sp³-hybridized carbons (Fsp3) is 0.278. The molecule has 4 aromatic rings. The van der Waals surface area contributed by atoms with Crippen LogP contribution < -0.4 is 19.1 Å². The minimum atomic E-state index is -4.24. The lowest BCUT2D eigenvalue weighted by Gasteiger charge is -2.35. The predicted molar refractivity (Wildman–Crippen MR) is 185 cm³/mol. The number of hydrogen-bond donors (Lipinski definition) is 1. The first-order valence-electron chi connectivity index (χ1n) is 15.3. The van der Waals surface area contributed by atoms with E-state index < -0.39 is 34.1 Å². The van der Waals surface area contributed by atoms with Gasteiger partial charge in [-0.2, -0.15) is 0 Å². The van der Waals surface area contributed by atoms with Gasteiger partial charge in [-0.05, 0) is 68.3 Å². The fourth-order valence-corrected chi connectivity index (χ4v) is 6.92. The average molecular weight is 721 g/mol. The van der Waals surface area contributed by atoms with Crippen LogP contribution in [-0.4, -0.2) is 56.5 Å². The molecule has 0 aliphatic carbocycles. The van der Waals surface area contributed by atoms with Crippen molar-refractivity contribution in [3.63, 3.8) is 0 Å². The number of ether oxygens (including phenoxy) is 2. The van der Waals surface area contributed by atoms with Gasteiger partial charge in [0, 0.05) is 29.0 Å². The van der Waals surface area contributed by atoms with Crippen molar-refractivity contribution in [2.75, 3.05) is 24.1 Å². The Bertz CT molecular complexity index is 1800. The normalized spacial score (nSPS) is 13.4. The van der Waals surface area contributed by atoms with Crippen LogP contribution in [0, 0.1) is 0 Å². The summed E-state index contributed by atoms with van der Waals surface area (Å²) in [7, 11) is -4.24. The molecule has 47 heavy (non-hydrogen) atoms. The van der Waals surface area contributed by atoms with Gasteiger partial charge >= 0.3 is 0 Å². The molecule has 246 valence electrons. The first kappa shape index (κ1) is 34.0. The maximum absolute atomic E-state index is 14.6. The summed E-state index contributed by atoms with van der Waals surface area (Å²) in [5.74, 6) is -0.0226. The van der Waals surface area contributed by atoms with Gasteiger partial charge in [-0.1, -0.05) is 76.6 Å². The Morgan fingerprint density at radius 3 is 2.09 bits per heavy atom. The molecule has 9 nitrogen and oxygen atoms in total. The molecule has 0 aromatic heterocycles. The molecule has 0 spiro atoms. The minimum Gasteiger partial charge on any atom is -0.486 e. The number of anilines is 1. The summed E-state index contributed by atoms with van der Waals surface area (Å²) in [6, 6.07) is 28.7. The van der Waals surface area contributed by atoms with Crippen molar-refractivity contribution < 1.29 is 27.5 Å². The third-order valence-electron chi connectivity index (χ3n) is 7.46. The lowest BCUT2D eigenvalue weighted by molar-refractivity contribution is -0.140. The zero-order valence-corrected chi connectivity index (χ0v) is 29.0. The van der Waals surface area contributed by atoms with Gasteiger partial charge in [-0.3, -0.25) is 13.9 Å². The summed E-state index contributed by atoms with van der Waals surface area (Å²) in [6.07, 6.45) is 0.223. The third kappa shape index (κ3) is 8.72. The summed E-state index contributed by atoms with van der Waals surface area (Å²) < 4.78 is 41.8. The van der Waals surface area contributed by atoms with E-state index in [1.54, 1.807) is 36.4 Å². The van der Waals surface area contributed by atoms with Crippen molar-refractivity contribution in [3.8, 4) is 11.5 Å². The zero-order valence-electron chi connectivity index (χ0n) is 26.6. The molecule has 0 unspecified atom stereocenters. The molecule has 11 heteroatoms. The first-order valence-corrected chi connectivity index (χ1v) is 17.5. The van der Waals surface area contributed by atoms with Gasteiger partial charge < -0.3 is 19.7 Å².